The van der Waals surface area contributed by atoms with Crippen LogP contribution in [-0.2, 0) is 41.7 Å². The van der Waals surface area contributed by atoms with Crippen molar-refractivity contribution in [1.29, 1.82) is 5.26 Å². The molecular formula is C32H39N3O6. The number of esters is 2. The van der Waals surface area contributed by atoms with Crippen LogP contribution in [0.4, 0.5) is 0 Å². The summed E-state index contributed by atoms with van der Waals surface area (Å²) in [6, 6.07) is 21.9. The Morgan fingerprint density at radius 1 is 0.878 bits per heavy atom. The number of ether oxygens (including phenoxy) is 2. The second-order valence-electron chi connectivity index (χ2n) is 10.3. The Kier molecular flexibility index (Phi) is 12.2. The fraction of sp³-hybridized carbons (Fsp3) is 0.469. The molecule has 0 saturated carbocycles. The molecule has 2 atom stereocenters. The Bertz CT molecular complexity index is 1210. The van der Waals surface area contributed by atoms with E-state index in [1.165, 1.54) is 5.56 Å². The van der Waals surface area contributed by atoms with Crippen LogP contribution in [0.5, 0.6) is 0 Å². The first kappa shape index (κ1) is 31.7. The molecule has 0 aliphatic carbocycles. The van der Waals surface area contributed by atoms with Crippen LogP contribution >= 0.6 is 0 Å². The van der Waals surface area contributed by atoms with Crippen molar-refractivity contribution in [3.05, 3.63) is 71.8 Å². The molecule has 41 heavy (non-hydrogen) atoms. The van der Waals surface area contributed by atoms with Crippen LogP contribution in [-0.4, -0.2) is 72.7 Å². The number of carbonyl (C=O) groups excluding carboxylic acids is 4. The minimum Gasteiger partial charge on any atom is -0.465 e. The van der Waals surface area contributed by atoms with Crippen molar-refractivity contribution in [2.75, 3.05) is 39.4 Å². The van der Waals surface area contributed by atoms with Gasteiger partial charge >= 0.3 is 11.9 Å². The van der Waals surface area contributed by atoms with Gasteiger partial charge in [0.25, 0.3) is 0 Å². The quantitative estimate of drug-likeness (QED) is 0.335. The van der Waals surface area contributed by atoms with Crippen molar-refractivity contribution in [2.45, 2.75) is 46.2 Å². The molecule has 4 rings (SSSR count). The average molecular weight is 562 g/mol. The minimum atomic E-state index is -1.28. The molecule has 2 aliphatic rings. The first-order valence-electron chi connectivity index (χ1n) is 14.1. The Balaban J connectivity index is 0.000000228. The third-order valence-corrected chi connectivity index (χ3v) is 7.37. The van der Waals surface area contributed by atoms with Crippen LogP contribution in [0.2, 0.25) is 0 Å². The zero-order chi connectivity index (χ0) is 29.7. The Labute approximate surface area is 242 Å². The van der Waals surface area contributed by atoms with Crippen molar-refractivity contribution >= 4 is 23.5 Å². The predicted molar refractivity (Wildman–Crippen MR) is 152 cm³/mol. The van der Waals surface area contributed by atoms with E-state index < -0.39 is 17.3 Å². The van der Waals surface area contributed by atoms with Gasteiger partial charge < -0.3 is 9.47 Å². The molecule has 2 unspecified atom stereocenters. The largest absolute Gasteiger partial charge is 0.465 e. The number of rotatable bonds is 9. The number of Topliss-reactive ketones (excluding diaryl/α,β-unsaturated/α-hetero) is 2. The highest BCUT2D eigenvalue weighted by atomic mass is 16.5. The van der Waals surface area contributed by atoms with Gasteiger partial charge in [0.05, 0.1) is 38.8 Å². The molecule has 9 nitrogen and oxygen atoms in total. The minimum absolute atomic E-state index is 0.0272. The van der Waals surface area contributed by atoms with Gasteiger partial charge in [-0.2, -0.15) is 5.26 Å². The number of piperidine rings is 2. The third kappa shape index (κ3) is 8.81. The summed E-state index contributed by atoms with van der Waals surface area (Å²) in [4.78, 5) is 52.4. The van der Waals surface area contributed by atoms with Crippen LogP contribution in [0.25, 0.3) is 0 Å². The monoisotopic (exact) mass is 561 g/mol. The second-order valence-corrected chi connectivity index (χ2v) is 10.3. The molecule has 0 radical (unpaired) electrons. The maximum atomic E-state index is 12.5. The molecule has 218 valence electrons. The molecule has 2 fully saturated rings. The van der Waals surface area contributed by atoms with E-state index >= 15 is 0 Å². The maximum Gasteiger partial charge on any atom is 0.320 e. The standard InChI is InChI=1S/C17H20N2O3.C15H19NO3/c1-2-22-16(21)17(8-10-18)9-11-19(13-15(17)20)12-14-6-4-3-5-7-14;1-2-19-15(18)13-8-9-16(11-14(13)17)10-12-6-4-3-5-7-12/h3-7H,2,8-9,11-13H2,1H3;3-7,13H,2,8-11H2,1H3. The van der Waals surface area contributed by atoms with Crippen LogP contribution in [0, 0.1) is 22.7 Å². The van der Waals surface area contributed by atoms with Crippen LogP contribution < -0.4 is 0 Å². The van der Waals surface area contributed by atoms with Gasteiger partial charge in [-0.15, -0.1) is 0 Å². The maximum absolute atomic E-state index is 12.5. The zero-order valence-electron chi connectivity index (χ0n) is 23.9. The van der Waals surface area contributed by atoms with Gasteiger partial charge in [0, 0.05) is 26.2 Å². The molecule has 2 aliphatic heterocycles. The van der Waals surface area contributed by atoms with E-state index in [1.54, 1.807) is 13.8 Å². The van der Waals surface area contributed by atoms with Gasteiger partial charge in [0.1, 0.15) is 11.3 Å². The number of ketones is 2. The molecular weight excluding hydrogens is 522 g/mol. The molecule has 0 spiro atoms. The molecule has 0 amide bonds. The molecule has 2 aromatic carbocycles. The second kappa shape index (κ2) is 15.8. The topological polar surface area (TPSA) is 117 Å². The zero-order valence-corrected chi connectivity index (χ0v) is 23.9. The van der Waals surface area contributed by atoms with Crippen molar-refractivity contribution in [1.82, 2.24) is 9.80 Å². The summed E-state index contributed by atoms with van der Waals surface area (Å²) in [5.41, 5.74) is 1.03. The molecule has 0 N–H and O–H groups in total. The fourth-order valence-corrected chi connectivity index (χ4v) is 5.13. The van der Waals surface area contributed by atoms with Gasteiger partial charge in [-0.3, -0.25) is 29.0 Å². The molecule has 2 heterocycles. The molecule has 2 saturated heterocycles. The van der Waals surface area contributed by atoms with E-state index in [0.29, 0.717) is 39.1 Å². The molecule has 0 aromatic heterocycles. The van der Waals surface area contributed by atoms with E-state index in [4.69, 9.17) is 14.7 Å². The van der Waals surface area contributed by atoms with E-state index in [9.17, 15) is 19.2 Å². The first-order valence-corrected chi connectivity index (χ1v) is 14.1. The predicted octanol–water partition coefficient (Wildman–Crippen LogP) is 3.57. The molecule has 2 aromatic rings. The SMILES string of the molecule is CCOC(=O)C1(CC#N)CCN(Cc2ccccc2)CC1=O.CCOC(=O)C1CCN(Cc2ccccc2)CC1=O. The summed E-state index contributed by atoms with van der Waals surface area (Å²) in [6.07, 6.45) is 0.791. The summed E-state index contributed by atoms with van der Waals surface area (Å²) >= 11 is 0. The van der Waals surface area contributed by atoms with Crippen molar-refractivity contribution < 1.29 is 28.7 Å². The third-order valence-electron chi connectivity index (χ3n) is 7.37. The van der Waals surface area contributed by atoms with E-state index in [2.05, 4.69) is 4.90 Å². The van der Waals surface area contributed by atoms with Crippen LogP contribution in [0.1, 0.15) is 44.2 Å². The lowest BCUT2D eigenvalue weighted by molar-refractivity contribution is -0.163. The van der Waals surface area contributed by atoms with Gasteiger partial charge in [0.2, 0.25) is 0 Å². The smallest absolute Gasteiger partial charge is 0.320 e. The van der Waals surface area contributed by atoms with E-state index in [1.807, 2.05) is 71.6 Å². The number of nitrogens with zero attached hydrogens (tertiary/aromatic N) is 3. The number of nitriles is 1. The molecule has 9 heteroatoms. The van der Waals surface area contributed by atoms with Crippen molar-refractivity contribution in [3.63, 3.8) is 0 Å². The van der Waals surface area contributed by atoms with E-state index in [0.717, 1.165) is 18.7 Å². The highest BCUT2D eigenvalue weighted by molar-refractivity contribution is 6.05. The summed E-state index contributed by atoms with van der Waals surface area (Å²) in [6.45, 7) is 7.28. The highest BCUT2D eigenvalue weighted by Gasteiger charge is 2.49. The van der Waals surface area contributed by atoms with Crippen LogP contribution in [0.15, 0.2) is 60.7 Å². The number of likely N-dealkylation sites (tertiary alicyclic amines) is 2. The van der Waals surface area contributed by atoms with Gasteiger partial charge in [-0.1, -0.05) is 60.7 Å². The molecule has 0 bridgehead atoms. The van der Waals surface area contributed by atoms with Crippen molar-refractivity contribution in [3.8, 4) is 6.07 Å². The summed E-state index contributed by atoms with van der Waals surface area (Å²) < 4.78 is 9.96. The Hall–Kier alpha value is -3.87. The number of hydrogen-bond acceptors (Lipinski definition) is 9. The first-order chi connectivity index (χ1) is 19.8. The van der Waals surface area contributed by atoms with Crippen molar-refractivity contribution in [2.24, 2.45) is 11.3 Å². The van der Waals surface area contributed by atoms with E-state index in [-0.39, 0.29) is 37.1 Å². The van der Waals surface area contributed by atoms with Crippen LogP contribution in [0.3, 0.4) is 0 Å². The Morgan fingerprint density at radius 3 is 1.93 bits per heavy atom. The Morgan fingerprint density at radius 2 is 1.44 bits per heavy atom. The lowest BCUT2D eigenvalue weighted by Crippen LogP contribution is -2.52. The normalized spacial score (nSPS) is 21.2. The average Bonchev–Trinajstić information content (AvgIpc) is 2.96. The summed E-state index contributed by atoms with van der Waals surface area (Å²) in [7, 11) is 0. The summed E-state index contributed by atoms with van der Waals surface area (Å²) in [5.74, 6) is -1.73. The van der Waals surface area contributed by atoms with Gasteiger partial charge in [-0.25, -0.2) is 0 Å². The number of hydrogen-bond donors (Lipinski definition) is 0. The summed E-state index contributed by atoms with van der Waals surface area (Å²) in [5, 5.41) is 9.00. The fourth-order valence-electron chi connectivity index (χ4n) is 5.13. The lowest BCUT2D eigenvalue weighted by atomic mass is 9.75. The van der Waals surface area contributed by atoms with Gasteiger partial charge in [-0.05, 0) is 37.8 Å². The lowest BCUT2D eigenvalue weighted by Gasteiger charge is -2.37. The number of benzene rings is 2. The highest BCUT2D eigenvalue weighted by Crippen LogP contribution is 2.34. The van der Waals surface area contributed by atoms with Gasteiger partial charge in [0.15, 0.2) is 11.6 Å². The number of carbonyl (C=O) groups is 4.